The molecule has 0 aliphatic carbocycles. The lowest BCUT2D eigenvalue weighted by atomic mass is 9.93. The molecule has 0 saturated carbocycles. The lowest BCUT2D eigenvalue weighted by Gasteiger charge is -2.16. The molecule has 3 heterocycles. The lowest BCUT2D eigenvalue weighted by molar-refractivity contribution is 0.708. The summed E-state index contributed by atoms with van der Waals surface area (Å²) in [6, 6.07) is 16.9. The van der Waals surface area contributed by atoms with E-state index >= 15 is 0 Å². The second kappa shape index (κ2) is 7.47. The highest BCUT2D eigenvalue weighted by Crippen LogP contribution is 2.39. The van der Waals surface area contributed by atoms with E-state index in [1.165, 1.54) is 11.6 Å². The molecule has 0 amide bonds. The number of hydrogen-bond acceptors (Lipinski definition) is 4. The van der Waals surface area contributed by atoms with Gasteiger partial charge in [0.1, 0.15) is 6.07 Å². The second-order valence-electron chi connectivity index (χ2n) is 7.90. The fraction of sp³-hybridized carbons (Fsp3) is 0.120. The van der Waals surface area contributed by atoms with Crippen LogP contribution in [0.25, 0.3) is 44.3 Å². The Kier molecular flexibility index (Phi) is 4.69. The SMILES string of the molecule is Cc1[nH]c2ccccc2c1-c1nc2c(c(-c3ccc(Cl)cc3)c1C#N)c(=O)n(C)c(=O)n2C. The van der Waals surface area contributed by atoms with Crippen LogP contribution >= 0.6 is 11.6 Å². The van der Waals surface area contributed by atoms with Gasteiger partial charge in [-0.05, 0) is 30.7 Å². The number of nitrogens with zero attached hydrogens (tertiary/aromatic N) is 4. The average molecular weight is 456 g/mol. The zero-order valence-electron chi connectivity index (χ0n) is 18.1. The smallest absolute Gasteiger partial charge is 0.332 e. The first-order valence-electron chi connectivity index (χ1n) is 10.2. The Morgan fingerprint density at radius 3 is 2.39 bits per heavy atom. The molecule has 5 rings (SSSR count). The zero-order valence-corrected chi connectivity index (χ0v) is 18.9. The number of halogens is 1. The van der Waals surface area contributed by atoms with E-state index in [9.17, 15) is 14.9 Å². The number of benzene rings is 2. The fourth-order valence-corrected chi connectivity index (χ4v) is 4.49. The van der Waals surface area contributed by atoms with Crippen molar-refractivity contribution in [2.24, 2.45) is 14.1 Å². The number of hydrogen-bond donors (Lipinski definition) is 1. The van der Waals surface area contributed by atoms with Gasteiger partial charge >= 0.3 is 5.69 Å². The highest BCUT2D eigenvalue weighted by molar-refractivity contribution is 6.30. The summed E-state index contributed by atoms with van der Waals surface area (Å²) in [7, 11) is 2.99. The summed E-state index contributed by atoms with van der Waals surface area (Å²) in [6.07, 6.45) is 0. The summed E-state index contributed by atoms with van der Waals surface area (Å²) in [5, 5.41) is 12.0. The Labute approximate surface area is 193 Å². The predicted octanol–water partition coefficient (Wildman–Crippen LogP) is 4.28. The monoisotopic (exact) mass is 455 g/mol. The Balaban J connectivity index is 2.07. The molecule has 0 spiro atoms. The van der Waals surface area contributed by atoms with Crippen LogP contribution in [0.2, 0.25) is 5.02 Å². The number of pyridine rings is 1. The first-order chi connectivity index (χ1) is 15.8. The topological polar surface area (TPSA) is 96.5 Å². The molecular formula is C25H18ClN5O2. The van der Waals surface area contributed by atoms with Crippen molar-refractivity contribution in [3.63, 3.8) is 0 Å². The van der Waals surface area contributed by atoms with Gasteiger partial charge in [-0.1, -0.05) is 41.9 Å². The number of aromatic amines is 1. The molecule has 0 radical (unpaired) electrons. The summed E-state index contributed by atoms with van der Waals surface area (Å²) >= 11 is 6.10. The predicted molar refractivity (Wildman–Crippen MR) is 129 cm³/mol. The number of H-pyrrole nitrogens is 1. The number of aromatic nitrogens is 4. The molecule has 0 fully saturated rings. The van der Waals surface area contributed by atoms with Crippen LogP contribution in [0, 0.1) is 18.3 Å². The van der Waals surface area contributed by atoms with Crippen molar-refractivity contribution in [2.45, 2.75) is 6.92 Å². The van der Waals surface area contributed by atoms with Gasteiger partial charge < -0.3 is 4.98 Å². The van der Waals surface area contributed by atoms with E-state index < -0.39 is 11.2 Å². The summed E-state index contributed by atoms with van der Waals surface area (Å²) in [6.45, 7) is 1.91. The van der Waals surface area contributed by atoms with E-state index in [2.05, 4.69) is 11.1 Å². The van der Waals surface area contributed by atoms with Crippen molar-refractivity contribution < 1.29 is 0 Å². The first-order valence-corrected chi connectivity index (χ1v) is 10.6. The third-order valence-corrected chi connectivity index (χ3v) is 6.22. The van der Waals surface area contributed by atoms with Crippen molar-refractivity contribution in [1.29, 1.82) is 5.26 Å². The second-order valence-corrected chi connectivity index (χ2v) is 8.34. The van der Waals surface area contributed by atoms with Crippen LogP contribution in [0.1, 0.15) is 11.3 Å². The molecule has 162 valence electrons. The quantitative estimate of drug-likeness (QED) is 0.429. The van der Waals surface area contributed by atoms with Crippen LogP contribution in [-0.2, 0) is 14.1 Å². The van der Waals surface area contributed by atoms with Crippen LogP contribution in [0.15, 0.2) is 58.1 Å². The van der Waals surface area contributed by atoms with Gasteiger partial charge in [-0.3, -0.25) is 13.9 Å². The number of nitrogens with one attached hydrogen (secondary N) is 1. The van der Waals surface area contributed by atoms with Crippen molar-refractivity contribution in [3.8, 4) is 28.5 Å². The summed E-state index contributed by atoms with van der Waals surface area (Å²) in [5.74, 6) is 0. The minimum Gasteiger partial charge on any atom is -0.358 e. The van der Waals surface area contributed by atoms with E-state index in [0.717, 1.165) is 26.7 Å². The van der Waals surface area contributed by atoms with Gasteiger partial charge in [-0.25, -0.2) is 9.78 Å². The number of para-hydroxylation sites is 1. The van der Waals surface area contributed by atoms with Crippen molar-refractivity contribution in [3.05, 3.63) is 85.6 Å². The molecule has 1 N–H and O–H groups in total. The van der Waals surface area contributed by atoms with Gasteiger partial charge in [0.15, 0.2) is 5.65 Å². The molecule has 5 aromatic rings. The largest absolute Gasteiger partial charge is 0.358 e. The Morgan fingerprint density at radius 1 is 1.00 bits per heavy atom. The Hall–Kier alpha value is -4.15. The normalized spacial score (nSPS) is 11.2. The minimum atomic E-state index is -0.510. The maximum atomic E-state index is 13.3. The Morgan fingerprint density at radius 2 is 1.70 bits per heavy atom. The van der Waals surface area contributed by atoms with Crippen LogP contribution in [-0.4, -0.2) is 19.1 Å². The van der Waals surface area contributed by atoms with Gasteiger partial charge in [-0.2, -0.15) is 5.26 Å². The third kappa shape index (κ3) is 2.99. The molecule has 0 bridgehead atoms. The van der Waals surface area contributed by atoms with Gasteiger partial charge in [0.05, 0.1) is 16.6 Å². The molecule has 2 aromatic carbocycles. The highest BCUT2D eigenvalue weighted by atomic mass is 35.5. The van der Waals surface area contributed by atoms with Crippen LogP contribution in [0.5, 0.6) is 0 Å². The van der Waals surface area contributed by atoms with E-state index in [1.807, 2.05) is 31.2 Å². The minimum absolute atomic E-state index is 0.208. The van der Waals surface area contributed by atoms with Gasteiger partial charge in [0.25, 0.3) is 5.56 Å². The molecule has 8 heteroatoms. The van der Waals surface area contributed by atoms with E-state index in [1.54, 1.807) is 31.3 Å². The van der Waals surface area contributed by atoms with Crippen molar-refractivity contribution in [1.82, 2.24) is 19.1 Å². The maximum Gasteiger partial charge on any atom is 0.332 e. The van der Waals surface area contributed by atoms with E-state index in [-0.39, 0.29) is 16.6 Å². The summed E-state index contributed by atoms with van der Waals surface area (Å²) < 4.78 is 2.37. The molecule has 33 heavy (non-hydrogen) atoms. The molecule has 0 unspecified atom stereocenters. The molecule has 7 nitrogen and oxygen atoms in total. The van der Waals surface area contributed by atoms with Crippen molar-refractivity contribution >= 4 is 33.5 Å². The summed E-state index contributed by atoms with van der Waals surface area (Å²) in [5.41, 5.74) is 3.43. The van der Waals surface area contributed by atoms with Gasteiger partial charge in [0, 0.05) is 46.8 Å². The molecule has 3 aromatic heterocycles. The fourth-order valence-electron chi connectivity index (χ4n) is 4.37. The number of nitriles is 1. The summed E-state index contributed by atoms with van der Waals surface area (Å²) in [4.78, 5) is 34.1. The van der Waals surface area contributed by atoms with Gasteiger partial charge in [0.2, 0.25) is 0 Å². The number of fused-ring (bicyclic) bond motifs is 2. The number of aryl methyl sites for hydroxylation is 2. The molecule has 0 saturated heterocycles. The highest BCUT2D eigenvalue weighted by Gasteiger charge is 2.25. The van der Waals surface area contributed by atoms with Crippen LogP contribution in [0.3, 0.4) is 0 Å². The molecular weight excluding hydrogens is 438 g/mol. The first kappa shape index (κ1) is 20.7. The number of rotatable bonds is 2. The maximum absolute atomic E-state index is 13.3. The molecule has 0 aliphatic heterocycles. The average Bonchev–Trinajstić information content (AvgIpc) is 3.16. The Bertz CT molecular complexity index is 1750. The van der Waals surface area contributed by atoms with E-state index in [0.29, 0.717) is 21.8 Å². The van der Waals surface area contributed by atoms with Crippen LogP contribution < -0.4 is 11.2 Å². The lowest BCUT2D eigenvalue weighted by Crippen LogP contribution is -2.37. The van der Waals surface area contributed by atoms with Crippen molar-refractivity contribution in [2.75, 3.05) is 0 Å². The van der Waals surface area contributed by atoms with Crippen LogP contribution in [0.4, 0.5) is 0 Å². The molecule has 0 atom stereocenters. The molecule has 0 aliphatic rings. The zero-order chi connectivity index (χ0) is 23.4. The van der Waals surface area contributed by atoms with Gasteiger partial charge in [-0.15, -0.1) is 0 Å². The third-order valence-electron chi connectivity index (χ3n) is 5.96. The standard InChI is InChI=1S/C25H18ClN5O2/c1-13-19(16-6-4-5-7-18(16)28-13)22-17(12-27)20(14-8-10-15(26)11-9-14)21-23(29-22)30(2)25(33)31(3)24(21)32/h4-11,28H,1-3H3. The van der Waals surface area contributed by atoms with E-state index in [4.69, 9.17) is 16.6 Å².